The number of nitrogens with two attached hydrogens (primary N) is 2. The van der Waals surface area contributed by atoms with Crippen LogP contribution in [0.1, 0.15) is 12.8 Å². The molecule has 2 aliphatic carbocycles. The zero-order valence-corrected chi connectivity index (χ0v) is 7.65. The molecule has 0 radical (unpaired) electrons. The van der Waals surface area contributed by atoms with Gasteiger partial charge in [-0.05, 0) is 24.7 Å². The summed E-state index contributed by atoms with van der Waals surface area (Å²) < 4.78 is -0.508. The fourth-order valence-corrected chi connectivity index (χ4v) is 2.88. The third-order valence-corrected chi connectivity index (χ3v) is 4.09. The first-order valence-corrected chi connectivity index (χ1v) is 4.68. The minimum atomic E-state index is -0.508. The Balaban J connectivity index is 2.07. The topological polar surface area (TPSA) is 52.0 Å². The smallest absolute Gasteiger partial charge is 0.124 e. The van der Waals surface area contributed by atoms with E-state index in [0.717, 1.165) is 12.8 Å². The monoisotopic (exact) mass is 194 g/mol. The van der Waals surface area contributed by atoms with Gasteiger partial charge in [-0.1, -0.05) is 0 Å². The summed E-state index contributed by atoms with van der Waals surface area (Å²) in [5.41, 5.74) is 11.5. The van der Waals surface area contributed by atoms with Crippen molar-refractivity contribution in [1.82, 2.24) is 0 Å². The van der Waals surface area contributed by atoms with E-state index in [1.165, 1.54) is 0 Å². The minimum Gasteiger partial charge on any atom is -0.326 e. The number of fused-ring (bicyclic) bond motifs is 1. The summed E-state index contributed by atoms with van der Waals surface area (Å²) >= 11 is 12.0. The molecule has 2 nitrogen and oxygen atoms in total. The highest BCUT2D eigenvalue weighted by molar-refractivity contribution is 6.51. The van der Waals surface area contributed by atoms with Crippen LogP contribution in [-0.2, 0) is 0 Å². The molecule has 0 aromatic carbocycles. The summed E-state index contributed by atoms with van der Waals surface area (Å²) in [7, 11) is 0. The van der Waals surface area contributed by atoms with Crippen LogP contribution in [0, 0.1) is 11.8 Å². The van der Waals surface area contributed by atoms with Crippen LogP contribution in [0.4, 0.5) is 0 Å². The van der Waals surface area contributed by atoms with E-state index in [0.29, 0.717) is 11.8 Å². The molecule has 0 saturated heterocycles. The van der Waals surface area contributed by atoms with Crippen molar-refractivity contribution in [3.8, 4) is 0 Å². The number of hydrogen-bond acceptors (Lipinski definition) is 2. The molecule has 2 rings (SSSR count). The first kappa shape index (κ1) is 8.11. The SMILES string of the molecule is NC1CC2C(CC1N)C2(Cl)Cl. The largest absolute Gasteiger partial charge is 0.326 e. The van der Waals surface area contributed by atoms with Gasteiger partial charge in [0.15, 0.2) is 0 Å². The fraction of sp³-hybridized carbons (Fsp3) is 1.00. The van der Waals surface area contributed by atoms with Crippen molar-refractivity contribution in [2.24, 2.45) is 23.3 Å². The van der Waals surface area contributed by atoms with Gasteiger partial charge in [-0.25, -0.2) is 0 Å². The number of rotatable bonds is 0. The second kappa shape index (κ2) is 2.25. The zero-order chi connectivity index (χ0) is 8.22. The van der Waals surface area contributed by atoms with E-state index in [2.05, 4.69) is 0 Å². The third kappa shape index (κ3) is 1.08. The molecule has 64 valence electrons. The molecule has 2 aliphatic rings. The maximum absolute atomic E-state index is 6.00. The average Bonchev–Trinajstić information content (AvgIpc) is 2.39. The number of hydrogen-bond donors (Lipinski definition) is 2. The van der Waals surface area contributed by atoms with Gasteiger partial charge in [0, 0.05) is 12.1 Å². The van der Waals surface area contributed by atoms with E-state index >= 15 is 0 Å². The molecule has 0 aromatic heterocycles. The number of alkyl halides is 2. The van der Waals surface area contributed by atoms with Crippen LogP contribution in [-0.4, -0.2) is 16.4 Å². The Morgan fingerprint density at radius 2 is 1.36 bits per heavy atom. The molecule has 4 atom stereocenters. The van der Waals surface area contributed by atoms with E-state index in [1.54, 1.807) is 0 Å². The van der Waals surface area contributed by atoms with Crippen LogP contribution in [0.5, 0.6) is 0 Å². The first-order valence-electron chi connectivity index (χ1n) is 3.92. The summed E-state index contributed by atoms with van der Waals surface area (Å²) in [5.74, 6) is 0.807. The molecule has 2 fully saturated rings. The predicted molar refractivity (Wildman–Crippen MR) is 46.6 cm³/mol. The second-order valence-corrected chi connectivity index (χ2v) is 5.13. The van der Waals surface area contributed by atoms with Crippen LogP contribution in [0.2, 0.25) is 0 Å². The highest BCUT2D eigenvalue weighted by atomic mass is 35.5. The van der Waals surface area contributed by atoms with Gasteiger partial charge >= 0.3 is 0 Å². The Morgan fingerprint density at radius 1 is 1.00 bits per heavy atom. The van der Waals surface area contributed by atoms with Gasteiger partial charge in [0.2, 0.25) is 0 Å². The summed E-state index contributed by atoms with van der Waals surface area (Å²) in [5, 5.41) is 0. The maximum Gasteiger partial charge on any atom is 0.124 e. The quantitative estimate of drug-likeness (QED) is 0.563. The van der Waals surface area contributed by atoms with Crippen LogP contribution < -0.4 is 11.5 Å². The second-order valence-electron chi connectivity index (χ2n) is 3.69. The molecule has 0 aromatic rings. The molecule has 11 heavy (non-hydrogen) atoms. The van der Waals surface area contributed by atoms with Gasteiger partial charge in [0.25, 0.3) is 0 Å². The summed E-state index contributed by atoms with van der Waals surface area (Å²) in [6, 6.07) is 0.186. The van der Waals surface area contributed by atoms with Gasteiger partial charge in [-0.15, -0.1) is 23.2 Å². The van der Waals surface area contributed by atoms with Gasteiger partial charge in [-0.3, -0.25) is 0 Å². The van der Waals surface area contributed by atoms with Crippen LogP contribution in [0.25, 0.3) is 0 Å². The van der Waals surface area contributed by atoms with E-state index in [-0.39, 0.29) is 12.1 Å². The van der Waals surface area contributed by atoms with Crippen LogP contribution in [0.3, 0.4) is 0 Å². The van der Waals surface area contributed by atoms with Gasteiger partial charge in [0.05, 0.1) is 0 Å². The fourth-order valence-electron chi connectivity index (χ4n) is 2.04. The van der Waals surface area contributed by atoms with E-state index in [4.69, 9.17) is 34.7 Å². The zero-order valence-electron chi connectivity index (χ0n) is 6.13. The summed E-state index contributed by atoms with van der Waals surface area (Å²) in [4.78, 5) is 0. The van der Waals surface area contributed by atoms with Crippen molar-refractivity contribution in [2.45, 2.75) is 29.3 Å². The lowest BCUT2D eigenvalue weighted by molar-refractivity contribution is 0.369. The lowest BCUT2D eigenvalue weighted by Crippen LogP contribution is -2.44. The lowest BCUT2D eigenvalue weighted by atomic mass is 9.92. The van der Waals surface area contributed by atoms with Crippen molar-refractivity contribution in [1.29, 1.82) is 0 Å². The third-order valence-electron chi connectivity index (χ3n) is 2.97. The highest BCUT2D eigenvalue weighted by Gasteiger charge is 2.65. The molecule has 0 spiro atoms. The average molecular weight is 195 g/mol. The van der Waals surface area contributed by atoms with Gasteiger partial charge < -0.3 is 11.5 Å². The Bertz CT molecular complexity index is 165. The van der Waals surface area contributed by atoms with Crippen molar-refractivity contribution in [3.63, 3.8) is 0 Å². The van der Waals surface area contributed by atoms with Crippen LogP contribution in [0.15, 0.2) is 0 Å². The van der Waals surface area contributed by atoms with Crippen LogP contribution >= 0.6 is 23.2 Å². The minimum absolute atomic E-state index is 0.0932. The Labute approximate surface area is 76.2 Å². The Morgan fingerprint density at radius 3 is 1.73 bits per heavy atom. The highest BCUT2D eigenvalue weighted by Crippen LogP contribution is 2.64. The van der Waals surface area contributed by atoms with Gasteiger partial charge in [-0.2, -0.15) is 0 Å². The molecule has 2 saturated carbocycles. The molecule has 0 aliphatic heterocycles. The van der Waals surface area contributed by atoms with Crippen molar-refractivity contribution in [2.75, 3.05) is 0 Å². The molecular formula is C7H12Cl2N2. The molecule has 0 bridgehead atoms. The maximum atomic E-state index is 6.00. The van der Waals surface area contributed by atoms with Gasteiger partial charge in [0.1, 0.15) is 4.33 Å². The summed E-state index contributed by atoms with van der Waals surface area (Å²) in [6.45, 7) is 0. The van der Waals surface area contributed by atoms with Crippen molar-refractivity contribution >= 4 is 23.2 Å². The van der Waals surface area contributed by atoms with Crippen molar-refractivity contribution in [3.05, 3.63) is 0 Å². The normalized spacial score (nSPS) is 53.5. The Kier molecular flexibility index (Phi) is 1.66. The van der Waals surface area contributed by atoms with E-state index < -0.39 is 4.33 Å². The van der Waals surface area contributed by atoms with E-state index in [1.807, 2.05) is 0 Å². The predicted octanol–water partition coefficient (Wildman–Crippen LogP) is 0.855. The standard InChI is InChI=1S/C7H12Cl2N2/c8-7(9)3-1-5(10)6(11)2-4(3)7/h3-6H,1-2,10-11H2. The van der Waals surface area contributed by atoms with E-state index in [9.17, 15) is 0 Å². The van der Waals surface area contributed by atoms with Crippen molar-refractivity contribution < 1.29 is 0 Å². The first-order chi connectivity index (χ1) is 5.03. The molecule has 0 amide bonds. The molecule has 4 N–H and O–H groups in total. The molecular weight excluding hydrogens is 183 g/mol. The molecule has 0 heterocycles. The Hall–Kier alpha value is 0.500. The number of halogens is 2. The summed E-state index contributed by atoms with van der Waals surface area (Å²) in [6.07, 6.45) is 1.78. The molecule has 4 unspecified atom stereocenters. The lowest BCUT2D eigenvalue weighted by Gasteiger charge is -2.23. The molecule has 4 heteroatoms.